The first kappa shape index (κ1) is 26.5. The molecule has 5 atom stereocenters. The molecule has 5 rings (SSSR count). The second-order valence-electron chi connectivity index (χ2n) is 10.2. The highest BCUT2D eigenvalue weighted by Crippen LogP contribution is 2.52. The lowest BCUT2D eigenvalue weighted by Crippen LogP contribution is -2.58. The maximum Gasteiger partial charge on any atom is 0.339 e. The van der Waals surface area contributed by atoms with E-state index < -0.39 is 48.8 Å². The summed E-state index contributed by atoms with van der Waals surface area (Å²) >= 11 is 0. The number of carbonyl (C=O) groups is 1. The van der Waals surface area contributed by atoms with E-state index in [-0.39, 0.29) is 34.7 Å². The number of benzene rings is 2. The molecule has 5 N–H and O–H groups in total. The standard InChI is InChI=1S/C27H34N2O9/c1-13-4-5-16(14(2)10-13)29-8-6-28(7-9-29)11-15-18-19(22(33)25(36-3)20(15)31)24-26(38-27(18)35)23(34)21(32)17(12-30)37-24/h4-5,10,17,21,23-24,26,30-34H,6-9,11-12H2,1-3H3/t17-,21-,23+,24?,26?/m0/s1. The smallest absolute Gasteiger partial charge is 0.339 e. The van der Waals surface area contributed by atoms with Crippen LogP contribution >= 0.6 is 0 Å². The predicted molar refractivity (Wildman–Crippen MR) is 136 cm³/mol. The lowest BCUT2D eigenvalue weighted by atomic mass is 9.84. The molecule has 0 saturated carbocycles. The average molecular weight is 531 g/mol. The number of aliphatic hydroxyl groups is 3. The highest BCUT2D eigenvalue weighted by Gasteiger charge is 2.53. The van der Waals surface area contributed by atoms with Gasteiger partial charge < -0.3 is 44.6 Å². The number of methoxy groups -OCH3 is 1. The third-order valence-electron chi connectivity index (χ3n) is 7.79. The minimum absolute atomic E-state index is 0.00536. The van der Waals surface area contributed by atoms with Crippen LogP contribution < -0.4 is 9.64 Å². The molecule has 0 radical (unpaired) electrons. The van der Waals surface area contributed by atoms with Crippen molar-refractivity contribution in [2.75, 3.05) is 44.8 Å². The van der Waals surface area contributed by atoms with E-state index in [0.717, 1.165) is 13.1 Å². The summed E-state index contributed by atoms with van der Waals surface area (Å²) in [4.78, 5) is 17.6. The van der Waals surface area contributed by atoms with E-state index in [2.05, 4.69) is 41.8 Å². The Labute approximate surface area is 220 Å². The number of hydrogen-bond donors (Lipinski definition) is 5. The fourth-order valence-electron chi connectivity index (χ4n) is 5.80. The minimum atomic E-state index is -1.55. The molecule has 3 aliphatic rings. The number of carbonyl (C=O) groups excluding carboxylic acids is 1. The van der Waals surface area contributed by atoms with Crippen LogP contribution in [0.4, 0.5) is 5.69 Å². The van der Waals surface area contributed by atoms with Gasteiger partial charge >= 0.3 is 5.97 Å². The SMILES string of the molecule is COc1c(O)c(CN2CCN(c3ccc(C)cc3C)CC2)c2c(c1O)C1O[C@@H](CO)[C@H](O)[C@@H](O)C1OC2=O. The van der Waals surface area contributed by atoms with Crippen molar-refractivity contribution in [2.45, 2.75) is 50.9 Å². The molecule has 11 nitrogen and oxygen atoms in total. The van der Waals surface area contributed by atoms with Crippen molar-refractivity contribution in [3.63, 3.8) is 0 Å². The number of rotatable bonds is 5. The van der Waals surface area contributed by atoms with Gasteiger partial charge in [0.2, 0.25) is 5.75 Å². The van der Waals surface area contributed by atoms with Crippen LogP contribution in [-0.4, -0.2) is 101 Å². The first-order valence-electron chi connectivity index (χ1n) is 12.7. The predicted octanol–water partition coefficient (Wildman–Crippen LogP) is 0.738. The summed E-state index contributed by atoms with van der Waals surface area (Å²) in [6.07, 6.45) is -6.72. The molecule has 3 heterocycles. The summed E-state index contributed by atoms with van der Waals surface area (Å²) in [6.45, 7) is 6.51. The maximum atomic E-state index is 13.2. The number of aromatic hydroxyl groups is 2. The van der Waals surface area contributed by atoms with E-state index in [9.17, 15) is 30.3 Å². The van der Waals surface area contributed by atoms with Crippen molar-refractivity contribution < 1.29 is 44.5 Å². The summed E-state index contributed by atoms with van der Waals surface area (Å²) in [5.41, 5.74) is 3.71. The van der Waals surface area contributed by atoms with Crippen LogP contribution in [0.1, 0.15) is 38.7 Å². The van der Waals surface area contributed by atoms with Crippen molar-refractivity contribution >= 4 is 11.7 Å². The van der Waals surface area contributed by atoms with Gasteiger partial charge in [-0.2, -0.15) is 0 Å². The number of phenolic OH excluding ortho intramolecular Hbond substituents is 2. The number of esters is 1. The van der Waals surface area contributed by atoms with E-state index >= 15 is 0 Å². The van der Waals surface area contributed by atoms with E-state index in [4.69, 9.17) is 14.2 Å². The fourth-order valence-corrected chi connectivity index (χ4v) is 5.80. The molecule has 0 amide bonds. The lowest BCUT2D eigenvalue weighted by Gasteiger charge is -2.45. The molecule has 0 spiro atoms. The fraction of sp³-hybridized carbons (Fsp3) is 0.519. The molecule has 2 fully saturated rings. The molecule has 2 unspecified atom stereocenters. The quantitative estimate of drug-likeness (QED) is 0.348. The van der Waals surface area contributed by atoms with Gasteiger partial charge in [0, 0.05) is 49.5 Å². The Morgan fingerprint density at radius 2 is 1.76 bits per heavy atom. The van der Waals surface area contributed by atoms with Gasteiger partial charge in [-0.3, -0.25) is 4.90 Å². The number of aryl methyl sites for hydroxylation is 2. The highest BCUT2D eigenvalue weighted by molar-refractivity contribution is 5.97. The Morgan fingerprint density at radius 3 is 2.39 bits per heavy atom. The Balaban J connectivity index is 1.46. The van der Waals surface area contributed by atoms with Crippen LogP contribution in [0, 0.1) is 13.8 Å². The van der Waals surface area contributed by atoms with Crippen LogP contribution in [0.25, 0.3) is 0 Å². The number of phenols is 2. The normalized spacial score (nSPS) is 27.5. The number of nitrogens with zero attached hydrogens (tertiary/aromatic N) is 2. The molecule has 3 aliphatic heterocycles. The van der Waals surface area contributed by atoms with Crippen molar-refractivity contribution in [3.05, 3.63) is 46.0 Å². The molecular formula is C27H34N2O9. The van der Waals surface area contributed by atoms with Crippen LogP contribution in [0.2, 0.25) is 0 Å². The van der Waals surface area contributed by atoms with Crippen LogP contribution in [-0.2, 0) is 16.0 Å². The summed E-state index contributed by atoms with van der Waals surface area (Å²) in [5.74, 6) is -2.00. The summed E-state index contributed by atoms with van der Waals surface area (Å²) in [5, 5.41) is 52.6. The summed E-state index contributed by atoms with van der Waals surface area (Å²) in [6, 6.07) is 6.36. The number of piperazine rings is 1. The lowest BCUT2D eigenvalue weighted by molar-refractivity contribution is -0.235. The number of fused-ring (bicyclic) bond motifs is 3. The molecule has 2 aromatic carbocycles. The van der Waals surface area contributed by atoms with Crippen molar-refractivity contribution in [1.82, 2.24) is 4.90 Å². The van der Waals surface area contributed by atoms with Crippen molar-refractivity contribution in [1.29, 1.82) is 0 Å². The van der Waals surface area contributed by atoms with Gasteiger partial charge in [-0.25, -0.2) is 4.79 Å². The van der Waals surface area contributed by atoms with Gasteiger partial charge in [0.15, 0.2) is 17.6 Å². The summed E-state index contributed by atoms with van der Waals surface area (Å²) in [7, 11) is 1.28. The third-order valence-corrected chi connectivity index (χ3v) is 7.79. The van der Waals surface area contributed by atoms with Crippen molar-refractivity contribution in [3.8, 4) is 17.2 Å². The zero-order valence-electron chi connectivity index (χ0n) is 21.6. The molecular weight excluding hydrogens is 496 g/mol. The summed E-state index contributed by atoms with van der Waals surface area (Å²) < 4.78 is 16.5. The number of hydrogen-bond acceptors (Lipinski definition) is 11. The Hall–Kier alpha value is -3.09. The van der Waals surface area contributed by atoms with Crippen LogP contribution in [0.15, 0.2) is 18.2 Å². The molecule has 2 saturated heterocycles. The molecule has 11 heteroatoms. The van der Waals surface area contributed by atoms with Gasteiger partial charge in [-0.05, 0) is 25.5 Å². The number of ether oxygens (including phenoxy) is 3. The Bertz CT molecular complexity index is 1230. The largest absolute Gasteiger partial charge is 0.504 e. The van der Waals surface area contributed by atoms with E-state index in [1.54, 1.807) is 0 Å². The molecule has 0 aromatic heterocycles. The van der Waals surface area contributed by atoms with E-state index in [0.29, 0.717) is 13.1 Å². The van der Waals surface area contributed by atoms with Crippen molar-refractivity contribution in [2.24, 2.45) is 0 Å². The topological polar surface area (TPSA) is 152 Å². The highest BCUT2D eigenvalue weighted by atomic mass is 16.6. The van der Waals surface area contributed by atoms with E-state index in [1.807, 2.05) is 0 Å². The first-order valence-corrected chi connectivity index (χ1v) is 12.7. The third kappa shape index (κ3) is 4.34. The minimum Gasteiger partial charge on any atom is -0.504 e. The number of anilines is 1. The Morgan fingerprint density at radius 1 is 1.05 bits per heavy atom. The molecule has 2 aromatic rings. The van der Waals surface area contributed by atoms with Gasteiger partial charge in [-0.1, -0.05) is 17.7 Å². The average Bonchev–Trinajstić information content (AvgIpc) is 2.89. The molecule has 206 valence electrons. The zero-order valence-corrected chi connectivity index (χ0v) is 21.6. The molecule has 0 aliphatic carbocycles. The Kier molecular flexibility index (Phi) is 7.14. The maximum absolute atomic E-state index is 13.2. The second-order valence-corrected chi connectivity index (χ2v) is 10.2. The van der Waals surface area contributed by atoms with Gasteiger partial charge in [0.1, 0.15) is 24.4 Å². The van der Waals surface area contributed by atoms with Crippen LogP contribution in [0.3, 0.4) is 0 Å². The number of aliphatic hydroxyl groups excluding tert-OH is 3. The van der Waals surface area contributed by atoms with Gasteiger partial charge in [0.05, 0.1) is 19.3 Å². The second kappa shape index (κ2) is 10.2. The van der Waals surface area contributed by atoms with E-state index in [1.165, 1.54) is 23.9 Å². The first-order chi connectivity index (χ1) is 18.2. The zero-order chi connectivity index (χ0) is 27.3. The molecule has 38 heavy (non-hydrogen) atoms. The molecule has 0 bridgehead atoms. The van der Waals surface area contributed by atoms with Crippen LogP contribution in [0.5, 0.6) is 17.2 Å². The monoisotopic (exact) mass is 530 g/mol. The van der Waals surface area contributed by atoms with Gasteiger partial charge in [0.25, 0.3) is 0 Å². The van der Waals surface area contributed by atoms with Gasteiger partial charge in [-0.15, -0.1) is 0 Å².